The average molecular weight is 616 g/mol. The second-order valence-electron chi connectivity index (χ2n) is 10.0. The molecule has 5 rings (SSSR count). The predicted molar refractivity (Wildman–Crippen MR) is 146 cm³/mol. The van der Waals surface area contributed by atoms with Crippen LogP contribution in [-0.2, 0) is 32.6 Å². The number of carbonyl (C=O) groups excluding carboxylic acids is 1. The number of anilines is 2. The molecule has 9 nitrogen and oxygen atoms in total. The van der Waals surface area contributed by atoms with Crippen LogP contribution >= 0.6 is 0 Å². The molecule has 0 radical (unpaired) electrons. The first kappa shape index (κ1) is 30.5. The molecule has 2 N–H and O–H groups in total. The van der Waals surface area contributed by atoms with Crippen molar-refractivity contribution in [2.45, 2.75) is 38.3 Å². The van der Waals surface area contributed by atoms with Gasteiger partial charge in [0.25, 0.3) is 5.91 Å². The van der Waals surface area contributed by atoms with Crippen LogP contribution < -0.4 is 10.2 Å². The van der Waals surface area contributed by atoms with Gasteiger partial charge in [0.2, 0.25) is 0 Å². The van der Waals surface area contributed by atoms with Crippen molar-refractivity contribution in [3.8, 4) is 28.6 Å². The number of nitrogens with zero attached hydrogens (tertiary/aromatic N) is 6. The van der Waals surface area contributed by atoms with Crippen molar-refractivity contribution < 1.29 is 36.2 Å². The van der Waals surface area contributed by atoms with E-state index in [0.717, 1.165) is 23.1 Å². The summed E-state index contributed by atoms with van der Waals surface area (Å²) >= 11 is 0. The van der Waals surface area contributed by atoms with Gasteiger partial charge < -0.3 is 15.0 Å². The second-order valence-corrected chi connectivity index (χ2v) is 10.0. The molecule has 228 valence electrons. The number of rotatable bonds is 8. The van der Waals surface area contributed by atoms with Gasteiger partial charge in [0.05, 0.1) is 30.3 Å². The summed E-state index contributed by atoms with van der Waals surface area (Å²) in [6.07, 6.45) is -7.55. The number of benzene rings is 2. The highest BCUT2D eigenvalue weighted by Crippen LogP contribution is 2.42. The van der Waals surface area contributed by atoms with E-state index in [1.165, 1.54) is 35.2 Å². The molecule has 0 spiro atoms. The lowest BCUT2D eigenvalue weighted by atomic mass is 9.96. The molecule has 1 amide bonds. The number of aliphatic hydroxyl groups excluding tert-OH is 1. The third kappa shape index (κ3) is 5.93. The van der Waals surface area contributed by atoms with E-state index < -0.39 is 42.5 Å². The highest BCUT2D eigenvalue weighted by molar-refractivity contribution is 6.10. The van der Waals surface area contributed by atoms with Gasteiger partial charge in [-0.1, -0.05) is 0 Å². The fourth-order valence-electron chi connectivity index (χ4n) is 4.96. The number of aromatic nitrogens is 4. The molecular formula is C29H23F6N7O2. The van der Waals surface area contributed by atoms with Crippen LogP contribution in [0.4, 0.5) is 38.0 Å². The monoisotopic (exact) mass is 615 g/mol. The van der Waals surface area contributed by atoms with Crippen LogP contribution in [0.1, 0.15) is 45.5 Å². The van der Waals surface area contributed by atoms with Crippen molar-refractivity contribution in [2.24, 2.45) is 7.05 Å². The number of halogens is 6. The standard InChI is InChI=1S/C29H23F6N7O2/c1-41-15-38-40-26(41)19-5-4-18(28(30,31)32)12-20(19)17-10-24(37-7-3-2-6-36)39-25(11-17)42-13-22-21(27(42)44)8-16(14-43)9-23(22)29(33,34)35/h4-5,8-12,15,43H,2-3,7,13-14H2,1H3,(H,37,39). The van der Waals surface area contributed by atoms with Gasteiger partial charge in [-0.15, -0.1) is 10.2 Å². The van der Waals surface area contributed by atoms with Crippen molar-refractivity contribution in [1.82, 2.24) is 19.7 Å². The molecule has 1 aliphatic heterocycles. The number of aliphatic hydroxyl groups is 1. The van der Waals surface area contributed by atoms with E-state index in [1.807, 2.05) is 6.07 Å². The maximum Gasteiger partial charge on any atom is 0.416 e. The minimum Gasteiger partial charge on any atom is -0.392 e. The molecule has 0 saturated heterocycles. The highest BCUT2D eigenvalue weighted by Gasteiger charge is 2.41. The predicted octanol–water partition coefficient (Wildman–Crippen LogP) is 5.95. The second kappa shape index (κ2) is 11.6. The van der Waals surface area contributed by atoms with Gasteiger partial charge in [0.1, 0.15) is 18.0 Å². The normalized spacial score (nSPS) is 13.2. The first-order chi connectivity index (χ1) is 20.8. The fourth-order valence-corrected chi connectivity index (χ4v) is 4.96. The summed E-state index contributed by atoms with van der Waals surface area (Å²) < 4.78 is 84.9. The molecule has 0 aliphatic carbocycles. The summed E-state index contributed by atoms with van der Waals surface area (Å²) in [6, 6.07) is 9.77. The Labute approximate surface area is 246 Å². The van der Waals surface area contributed by atoms with Crippen LogP contribution in [0, 0.1) is 11.3 Å². The van der Waals surface area contributed by atoms with Gasteiger partial charge in [0.15, 0.2) is 5.82 Å². The van der Waals surface area contributed by atoms with Crippen LogP contribution in [0.2, 0.25) is 0 Å². The Hall–Kier alpha value is -4.97. The van der Waals surface area contributed by atoms with Gasteiger partial charge in [0, 0.05) is 31.1 Å². The molecule has 0 unspecified atom stereocenters. The molecule has 2 aromatic heterocycles. The lowest BCUT2D eigenvalue weighted by Crippen LogP contribution is -2.24. The Morgan fingerprint density at radius 1 is 1.02 bits per heavy atom. The number of alkyl halides is 6. The first-order valence-corrected chi connectivity index (χ1v) is 13.2. The van der Waals surface area contributed by atoms with E-state index in [1.54, 1.807) is 7.05 Å². The van der Waals surface area contributed by atoms with E-state index >= 15 is 0 Å². The molecule has 15 heteroatoms. The largest absolute Gasteiger partial charge is 0.416 e. The van der Waals surface area contributed by atoms with Crippen molar-refractivity contribution in [1.29, 1.82) is 5.26 Å². The van der Waals surface area contributed by atoms with Crippen LogP contribution in [0.5, 0.6) is 0 Å². The van der Waals surface area contributed by atoms with Gasteiger partial charge in [-0.3, -0.25) is 9.69 Å². The number of hydrogen-bond acceptors (Lipinski definition) is 7. The Balaban J connectivity index is 1.68. The van der Waals surface area contributed by atoms with Crippen molar-refractivity contribution >= 4 is 17.5 Å². The quantitative estimate of drug-likeness (QED) is 0.186. The first-order valence-electron chi connectivity index (χ1n) is 13.2. The lowest BCUT2D eigenvalue weighted by molar-refractivity contribution is -0.138. The number of carbonyl (C=O) groups is 1. The van der Waals surface area contributed by atoms with Crippen LogP contribution in [0.25, 0.3) is 22.5 Å². The van der Waals surface area contributed by atoms with Gasteiger partial charge in [-0.25, -0.2) is 4.98 Å². The average Bonchev–Trinajstić information content (AvgIpc) is 3.55. The number of nitrogens with one attached hydrogen (secondary N) is 1. The van der Waals surface area contributed by atoms with Crippen LogP contribution in [0.3, 0.4) is 0 Å². The molecular weight excluding hydrogens is 592 g/mol. The van der Waals surface area contributed by atoms with Crippen molar-refractivity contribution in [3.63, 3.8) is 0 Å². The number of aryl methyl sites for hydroxylation is 1. The number of pyridine rings is 1. The third-order valence-electron chi connectivity index (χ3n) is 7.06. The van der Waals surface area contributed by atoms with E-state index in [4.69, 9.17) is 5.26 Å². The highest BCUT2D eigenvalue weighted by atomic mass is 19.4. The maximum absolute atomic E-state index is 13.9. The summed E-state index contributed by atoms with van der Waals surface area (Å²) in [6.45, 7) is -0.999. The van der Waals surface area contributed by atoms with Crippen LogP contribution in [0.15, 0.2) is 48.8 Å². The maximum atomic E-state index is 13.9. The van der Waals surface area contributed by atoms with E-state index in [0.29, 0.717) is 6.42 Å². The zero-order valence-corrected chi connectivity index (χ0v) is 23.0. The lowest BCUT2D eigenvalue weighted by Gasteiger charge is -2.20. The number of hydrogen-bond donors (Lipinski definition) is 2. The molecule has 1 aliphatic rings. The Morgan fingerprint density at radius 3 is 2.43 bits per heavy atom. The minimum absolute atomic E-state index is 0.0577. The number of fused-ring (bicyclic) bond motifs is 1. The molecule has 0 saturated carbocycles. The molecule has 0 bridgehead atoms. The smallest absolute Gasteiger partial charge is 0.392 e. The van der Waals surface area contributed by atoms with Crippen molar-refractivity contribution in [2.75, 3.05) is 16.8 Å². The van der Waals surface area contributed by atoms with Gasteiger partial charge >= 0.3 is 12.4 Å². The number of nitriles is 1. The third-order valence-corrected chi connectivity index (χ3v) is 7.06. The topological polar surface area (TPSA) is 120 Å². The molecule has 44 heavy (non-hydrogen) atoms. The summed E-state index contributed by atoms with van der Waals surface area (Å²) in [5, 5.41) is 29.2. The summed E-state index contributed by atoms with van der Waals surface area (Å²) in [7, 11) is 1.61. The molecule has 4 aromatic rings. The molecule has 0 atom stereocenters. The number of amides is 1. The van der Waals surface area contributed by atoms with Crippen LogP contribution in [-0.4, -0.2) is 37.3 Å². The summed E-state index contributed by atoms with van der Waals surface area (Å²) in [4.78, 5) is 18.9. The Bertz CT molecular complexity index is 1780. The molecule has 2 aromatic carbocycles. The van der Waals surface area contributed by atoms with E-state index in [2.05, 4.69) is 20.5 Å². The van der Waals surface area contributed by atoms with Gasteiger partial charge in [-0.2, -0.15) is 31.6 Å². The number of unbranched alkanes of at least 4 members (excludes halogenated alkanes) is 1. The molecule has 3 heterocycles. The van der Waals surface area contributed by atoms with E-state index in [-0.39, 0.29) is 63.8 Å². The summed E-state index contributed by atoms with van der Waals surface area (Å²) in [5.74, 6) is -0.579. The SMILES string of the molecule is Cn1cnnc1-c1ccc(C(F)(F)F)cc1-c1cc(NCCCC#N)nc(N2Cc3c(cc(CO)cc3C(F)(F)F)C2=O)c1. The zero-order valence-electron chi connectivity index (χ0n) is 23.0. The van der Waals surface area contributed by atoms with Crippen molar-refractivity contribution in [3.05, 3.63) is 76.6 Å². The minimum atomic E-state index is -4.82. The molecule has 0 fully saturated rings. The Morgan fingerprint density at radius 2 is 1.80 bits per heavy atom. The Kier molecular flexibility index (Phi) is 8.04. The fraction of sp³-hybridized carbons (Fsp3) is 0.276. The van der Waals surface area contributed by atoms with E-state index in [9.17, 15) is 36.2 Å². The summed E-state index contributed by atoms with van der Waals surface area (Å²) in [5.41, 5.74) is -2.23. The zero-order chi connectivity index (χ0) is 31.8. The van der Waals surface area contributed by atoms with Gasteiger partial charge in [-0.05, 0) is 71.1 Å².